The molecule has 1 atom stereocenters. The van der Waals surface area contributed by atoms with Gasteiger partial charge in [0.2, 0.25) is 0 Å². The van der Waals surface area contributed by atoms with Gasteiger partial charge in [0.25, 0.3) is 5.91 Å². The number of carbonyl (C=O) groups excluding carboxylic acids is 2. The molecule has 2 rings (SSSR count). The SMILES string of the molecule is COC(=O)[C@@H](CC1CCCCC1)NC(=O)c1ccccc1OC. The fourth-order valence-electron chi connectivity index (χ4n) is 3.18. The molecule has 1 fully saturated rings. The number of methoxy groups -OCH3 is 2. The fraction of sp³-hybridized carbons (Fsp3) is 0.556. The number of amides is 1. The normalized spacial score (nSPS) is 16.4. The highest BCUT2D eigenvalue weighted by Crippen LogP contribution is 2.28. The van der Waals surface area contributed by atoms with Crippen LogP contribution in [0.1, 0.15) is 48.9 Å². The first-order chi connectivity index (χ1) is 11.2. The molecule has 0 radical (unpaired) electrons. The molecule has 5 nitrogen and oxygen atoms in total. The van der Waals surface area contributed by atoms with Gasteiger partial charge >= 0.3 is 5.97 Å². The Labute approximate surface area is 137 Å². The maximum absolute atomic E-state index is 12.5. The van der Waals surface area contributed by atoms with E-state index in [9.17, 15) is 9.59 Å². The number of ether oxygens (including phenoxy) is 2. The molecule has 0 spiro atoms. The standard InChI is InChI=1S/C18H25NO4/c1-22-16-11-7-6-10-14(16)17(20)19-15(18(21)23-2)12-13-8-4-3-5-9-13/h6-7,10-11,13,15H,3-5,8-9,12H2,1-2H3,(H,19,20)/t15-/m1/s1. The van der Waals surface area contributed by atoms with Gasteiger partial charge in [-0.2, -0.15) is 0 Å². The van der Waals surface area contributed by atoms with E-state index in [-0.39, 0.29) is 11.9 Å². The summed E-state index contributed by atoms with van der Waals surface area (Å²) in [7, 11) is 2.87. The van der Waals surface area contributed by atoms with Crippen molar-refractivity contribution in [3.8, 4) is 5.75 Å². The zero-order chi connectivity index (χ0) is 16.7. The quantitative estimate of drug-likeness (QED) is 0.819. The van der Waals surface area contributed by atoms with E-state index in [0.717, 1.165) is 12.8 Å². The Kier molecular flexibility index (Phi) is 6.44. The van der Waals surface area contributed by atoms with Crippen LogP contribution in [0, 0.1) is 5.92 Å². The summed E-state index contributed by atoms with van der Waals surface area (Å²) in [5.41, 5.74) is 0.424. The Hall–Kier alpha value is -2.04. The molecular weight excluding hydrogens is 294 g/mol. The summed E-state index contributed by atoms with van der Waals surface area (Å²) in [5.74, 6) is 0.254. The summed E-state index contributed by atoms with van der Waals surface area (Å²) in [4.78, 5) is 24.5. The molecule has 0 aromatic heterocycles. The third kappa shape index (κ3) is 4.71. The van der Waals surface area contributed by atoms with Crippen LogP contribution >= 0.6 is 0 Å². The van der Waals surface area contributed by atoms with E-state index in [1.165, 1.54) is 33.5 Å². The first-order valence-electron chi connectivity index (χ1n) is 8.17. The minimum atomic E-state index is -0.611. The van der Waals surface area contributed by atoms with Gasteiger partial charge in [0, 0.05) is 0 Å². The van der Waals surface area contributed by atoms with E-state index in [4.69, 9.17) is 9.47 Å². The third-order valence-electron chi connectivity index (χ3n) is 4.44. The van der Waals surface area contributed by atoms with Crippen LogP contribution in [0.3, 0.4) is 0 Å². The van der Waals surface area contributed by atoms with Crippen molar-refractivity contribution < 1.29 is 19.1 Å². The van der Waals surface area contributed by atoms with E-state index in [0.29, 0.717) is 23.7 Å². The van der Waals surface area contributed by atoms with Crippen LogP contribution in [0.5, 0.6) is 5.75 Å². The van der Waals surface area contributed by atoms with Gasteiger partial charge in [-0.1, -0.05) is 44.2 Å². The molecule has 126 valence electrons. The van der Waals surface area contributed by atoms with E-state index in [2.05, 4.69) is 5.32 Å². The second-order valence-corrected chi connectivity index (χ2v) is 5.99. The van der Waals surface area contributed by atoms with Gasteiger partial charge in [0.1, 0.15) is 11.8 Å². The van der Waals surface area contributed by atoms with Crippen LogP contribution in [0.2, 0.25) is 0 Å². The molecule has 23 heavy (non-hydrogen) atoms. The molecule has 5 heteroatoms. The van der Waals surface area contributed by atoms with Crippen LogP contribution in [-0.2, 0) is 9.53 Å². The summed E-state index contributed by atoms with van der Waals surface area (Å²) in [6.07, 6.45) is 6.49. The zero-order valence-electron chi connectivity index (χ0n) is 13.8. The number of hydrogen-bond acceptors (Lipinski definition) is 4. The minimum absolute atomic E-state index is 0.311. The van der Waals surface area contributed by atoms with Crippen LogP contribution in [0.25, 0.3) is 0 Å². The molecule has 0 heterocycles. The first-order valence-corrected chi connectivity index (χ1v) is 8.17. The first kappa shape index (κ1) is 17.3. The molecule has 0 saturated heterocycles. The zero-order valence-corrected chi connectivity index (χ0v) is 13.8. The Morgan fingerprint density at radius 2 is 1.87 bits per heavy atom. The number of para-hydroxylation sites is 1. The average molecular weight is 319 g/mol. The molecule has 1 N–H and O–H groups in total. The van der Waals surface area contributed by atoms with Crippen LogP contribution in [0.15, 0.2) is 24.3 Å². The van der Waals surface area contributed by atoms with E-state index >= 15 is 0 Å². The minimum Gasteiger partial charge on any atom is -0.496 e. The third-order valence-corrected chi connectivity index (χ3v) is 4.44. The number of esters is 1. The Morgan fingerprint density at radius 1 is 1.17 bits per heavy atom. The van der Waals surface area contributed by atoms with Crippen molar-refractivity contribution in [1.82, 2.24) is 5.32 Å². The van der Waals surface area contributed by atoms with Gasteiger partial charge in [-0.05, 0) is 24.5 Å². The molecule has 0 bridgehead atoms. The van der Waals surface area contributed by atoms with Gasteiger partial charge in [-0.25, -0.2) is 4.79 Å². The fourth-order valence-corrected chi connectivity index (χ4v) is 3.18. The molecule has 1 aliphatic carbocycles. The van der Waals surface area contributed by atoms with Crippen molar-refractivity contribution in [2.24, 2.45) is 5.92 Å². The highest BCUT2D eigenvalue weighted by molar-refractivity contribution is 5.99. The maximum atomic E-state index is 12.5. The molecule has 0 aliphatic heterocycles. The van der Waals surface area contributed by atoms with E-state index in [1.54, 1.807) is 24.3 Å². The number of rotatable bonds is 6. The van der Waals surface area contributed by atoms with E-state index < -0.39 is 6.04 Å². The molecular formula is C18H25NO4. The lowest BCUT2D eigenvalue weighted by Gasteiger charge is -2.26. The van der Waals surface area contributed by atoms with Gasteiger partial charge in [-0.3, -0.25) is 4.79 Å². The van der Waals surface area contributed by atoms with Gasteiger partial charge in [-0.15, -0.1) is 0 Å². The summed E-state index contributed by atoms with van der Waals surface area (Å²) in [5, 5.41) is 2.81. The number of benzene rings is 1. The highest BCUT2D eigenvalue weighted by Gasteiger charge is 2.27. The lowest BCUT2D eigenvalue weighted by atomic mass is 9.84. The highest BCUT2D eigenvalue weighted by atomic mass is 16.5. The van der Waals surface area contributed by atoms with Crippen molar-refractivity contribution >= 4 is 11.9 Å². The number of nitrogens with one attached hydrogen (secondary N) is 1. The van der Waals surface area contributed by atoms with Crippen LogP contribution in [-0.4, -0.2) is 32.1 Å². The molecule has 0 unspecified atom stereocenters. The van der Waals surface area contributed by atoms with Crippen LogP contribution in [0.4, 0.5) is 0 Å². The second kappa shape index (κ2) is 8.56. The monoisotopic (exact) mass is 319 g/mol. The molecule has 1 amide bonds. The van der Waals surface area contributed by atoms with Gasteiger partial charge < -0.3 is 14.8 Å². The topological polar surface area (TPSA) is 64.6 Å². The largest absolute Gasteiger partial charge is 0.496 e. The summed E-state index contributed by atoms with van der Waals surface area (Å²) >= 11 is 0. The lowest BCUT2D eigenvalue weighted by Crippen LogP contribution is -2.43. The van der Waals surface area contributed by atoms with Gasteiger partial charge in [0.05, 0.1) is 19.8 Å². The molecule has 1 saturated carbocycles. The predicted molar refractivity (Wildman–Crippen MR) is 87.5 cm³/mol. The Morgan fingerprint density at radius 3 is 2.52 bits per heavy atom. The Bertz CT molecular complexity index is 538. The average Bonchev–Trinajstić information content (AvgIpc) is 2.61. The smallest absolute Gasteiger partial charge is 0.328 e. The molecule has 1 aromatic rings. The molecule has 1 aromatic carbocycles. The van der Waals surface area contributed by atoms with Crippen molar-refractivity contribution in [2.45, 2.75) is 44.6 Å². The summed E-state index contributed by atoms with van der Waals surface area (Å²) < 4.78 is 10.1. The Balaban J connectivity index is 2.07. The van der Waals surface area contributed by atoms with E-state index in [1.807, 2.05) is 0 Å². The molecule has 1 aliphatic rings. The second-order valence-electron chi connectivity index (χ2n) is 5.99. The van der Waals surface area contributed by atoms with Crippen molar-refractivity contribution in [3.63, 3.8) is 0 Å². The van der Waals surface area contributed by atoms with Crippen molar-refractivity contribution in [2.75, 3.05) is 14.2 Å². The number of carbonyl (C=O) groups is 2. The predicted octanol–water partition coefficient (Wildman–Crippen LogP) is 2.94. The summed E-state index contributed by atoms with van der Waals surface area (Å²) in [6.45, 7) is 0. The number of hydrogen-bond donors (Lipinski definition) is 1. The van der Waals surface area contributed by atoms with Crippen molar-refractivity contribution in [1.29, 1.82) is 0 Å². The van der Waals surface area contributed by atoms with Crippen LogP contribution < -0.4 is 10.1 Å². The lowest BCUT2D eigenvalue weighted by molar-refractivity contribution is -0.143. The maximum Gasteiger partial charge on any atom is 0.328 e. The van der Waals surface area contributed by atoms with Gasteiger partial charge in [0.15, 0.2) is 0 Å². The summed E-state index contributed by atoms with van der Waals surface area (Å²) in [6, 6.07) is 6.37. The van der Waals surface area contributed by atoms with Crippen molar-refractivity contribution in [3.05, 3.63) is 29.8 Å².